The molecule has 0 saturated carbocycles. The van der Waals surface area contributed by atoms with Gasteiger partial charge in [0.25, 0.3) is 0 Å². The van der Waals surface area contributed by atoms with Crippen molar-refractivity contribution in [2.75, 3.05) is 13.2 Å². The number of hydrogen-bond acceptors (Lipinski definition) is 3. The van der Waals surface area contributed by atoms with Crippen LogP contribution in [0.4, 0.5) is 0 Å². The lowest BCUT2D eigenvalue weighted by molar-refractivity contribution is -0.155. The Hall–Kier alpha value is -0.570. The fraction of sp³-hybridized carbons (Fsp3) is 0.875. The van der Waals surface area contributed by atoms with E-state index in [2.05, 4.69) is 0 Å². The Balaban J connectivity index is 2.39. The van der Waals surface area contributed by atoms with Crippen LogP contribution in [0.3, 0.4) is 0 Å². The number of rotatable bonds is 2. The average Bonchev–Trinajstić information content (AvgIpc) is 2.36. The molecule has 0 aliphatic carbocycles. The summed E-state index contributed by atoms with van der Waals surface area (Å²) in [7, 11) is 0. The number of esters is 1. The summed E-state index contributed by atoms with van der Waals surface area (Å²) < 4.78 is 10.0. The van der Waals surface area contributed by atoms with Crippen LogP contribution in [0.2, 0.25) is 0 Å². The molecule has 0 radical (unpaired) electrons. The van der Waals surface area contributed by atoms with Gasteiger partial charge in [-0.3, -0.25) is 0 Å². The first-order valence-corrected chi connectivity index (χ1v) is 4.04. The second-order valence-electron chi connectivity index (χ2n) is 2.81. The lowest BCUT2D eigenvalue weighted by Gasteiger charge is -2.11. The van der Waals surface area contributed by atoms with Crippen LogP contribution in [0.5, 0.6) is 0 Å². The van der Waals surface area contributed by atoms with Gasteiger partial charge < -0.3 is 9.47 Å². The molecule has 0 N–H and O–H groups in total. The lowest BCUT2D eigenvalue weighted by Crippen LogP contribution is -2.27. The average molecular weight is 158 g/mol. The molecule has 3 nitrogen and oxygen atoms in total. The van der Waals surface area contributed by atoms with Crippen molar-refractivity contribution in [3.8, 4) is 0 Å². The minimum Gasteiger partial charge on any atom is -0.464 e. The fourth-order valence-corrected chi connectivity index (χ4v) is 1.22. The van der Waals surface area contributed by atoms with Crippen molar-refractivity contribution >= 4 is 5.97 Å². The Bertz CT molecular complexity index is 144. The molecule has 1 heterocycles. The number of carbonyl (C=O) groups excluding carboxylic acids is 1. The highest BCUT2D eigenvalue weighted by molar-refractivity contribution is 5.75. The summed E-state index contributed by atoms with van der Waals surface area (Å²) in [6, 6.07) is 0. The number of hydrogen-bond donors (Lipinski definition) is 0. The van der Waals surface area contributed by atoms with Gasteiger partial charge in [0.1, 0.15) is 0 Å². The Morgan fingerprint density at radius 3 is 2.91 bits per heavy atom. The molecule has 0 aromatic rings. The largest absolute Gasteiger partial charge is 0.464 e. The highest BCUT2D eigenvalue weighted by Crippen LogP contribution is 2.20. The molecule has 1 fully saturated rings. The van der Waals surface area contributed by atoms with Gasteiger partial charge in [-0.1, -0.05) is 6.92 Å². The van der Waals surface area contributed by atoms with Crippen LogP contribution in [-0.4, -0.2) is 25.3 Å². The Labute approximate surface area is 66.7 Å². The van der Waals surface area contributed by atoms with Crippen LogP contribution in [0, 0.1) is 5.92 Å². The quantitative estimate of drug-likeness (QED) is 0.562. The summed E-state index contributed by atoms with van der Waals surface area (Å²) in [6.07, 6.45) is 0.652. The zero-order valence-corrected chi connectivity index (χ0v) is 7.00. The second-order valence-corrected chi connectivity index (χ2v) is 2.81. The van der Waals surface area contributed by atoms with Crippen molar-refractivity contribution in [1.82, 2.24) is 0 Å². The van der Waals surface area contributed by atoms with Gasteiger partial charge >= 0.3 is 5.97 Å². The molecule has 3 heteroatoms. The minimum absolute atomic E-state index is 0.211. The van der Waals surface area contributed by atoms with Gasteiger partial charge in [-0.25, -0.2) is 4.79 Å². The van der Waals surface area contributed by atoms with E-state index in [1.165, 1.54) is 0 Å². The standard InChI is InChI=1S/C8H14O3/c1-3-10-8(9)7-6(2)4-5-11-7/h6-7H,3-5H2,1-2H3/t6-,7+/m1/s1. The zero-order valence-electron chi connectivity index (χ0n) is 7.00. The van der Waals surface area contributed by atoms with E-state index in [1.54, 1.807) is 6.92 Å². The van der Waals surface area contributed by atoms with Crippen molar-refractivity contribution in [2.45, 2.75) is 26.4 Å². The van der Waals surface area contributed by atoms with Gasteiger partial charge in [-0.15, -0.1) is 0 Å². The van der Waals surface area contributed by atoms with Crippen LogP contribution >= 0.6 is 0 Å². The monoisotopic (exact) mass is 158 g/mol. The first-order chi connectivity index (χ1) is 5.25. The Morgan fingerprint density at radius 2 is 2.45 bits per heavy atom. The van der Waals surface area contributed by atoms with Crippen LogP contribution in [-0.2, 0) is 14.3 Å². The van der Waals surface area contributed by atoms with E-state index in [4.69, 9.17) is 9.47 Å². The van der Waals surface area contributed by atoms with E-state index in [0.29, 0.717) is 19.1 Å². The smallest absolute Gasteiger partial charge is 0.335 e. The molecule has 1 aliphatic heterocycles. The van der Waals surface area contributed by atoms with Crippen molar-refractivity contribution < 1.29 is 14.3 Å². The number of carbonyl (C=O) groups is 1. The van der Waals surface area contributed by atoms with Crippen LogP contribution in [0.15, 0.2) is 0 Å². The highest BCUT2D eigenvalue weighted by Gasteiger charge is 2.31. The van der Waals surface area contributed by atoms with E-state index in [9.17, 15) is 4.79 Å². The van der Waals surface area contributed by atoms with E-state index in [0.717, 1.165) is 6.42 Å². The van der Waals surface area contributed by atoms with Gasteiger partial charge in [-0.2, -0.15) is 0 Å². The van der Waals surface area contributed by atoms with Crippen molar-refractivity contribution in [1.29, 1.82) is 0 Å². The maximum Gasteiger partial charge on any atom is 0.335 e. The van der Waals surface area contributed by atoms with E-state index < -0.39 is 0 Å². The first kappa shape index (κ1) is 8.53. The van der Waals surface area contributed by atoms with Crippen molar-refractivity contribution in [3.63, 3.8) is 0 Å². The Kier molecular flexibility index (Phi) is 2.88. The third-order valence-electron chi connectivity index (χ3n) is 1.91. The predicted molar refractivity (Wildman–Crippen MR) is 40.2 cm³/mol. The van der Waals surface area contributed by atoms with E-state index in [-0.39, 0.29) is 12.1 Å². The van der Waals surface area contributed by atoms with Crippen molar-refractivity contribution in [3.05, 3.63) is 0 Å². The molecule has 0 spiro atoms. The molecule has 0 amide bonds. The summed E-state index contributed by atoms with van der Waals surface area (Å²) >= 11 is 0. The molecule has 1 saturated heterocycles. The van der Waals surface area contributed by atoms with E-state index >= 15 is 0 Å². The topological polar surface area (TPSA) is 35.5 Å². The van der Waals surface area contributed by atoms with Gasteiger partial charge in [0, 0.05) is 6.61 Å². The van der Waals surface area contributed by atoms with Crippen LogP contribution in [0.25, 0.3) is 0 Å². The lowest BCUT2D eigenvalue weighted by atomic mass is 10.1. The van der Waals surface area contributed by atoms with Crippen LogP contribution in [0.1, 0.15) is 20.3 Å². The predicted octanol–water partition coefficient (Wildman–Crippen LogP) is 0.974. The summed E-state index contributed by atoms with van der Waals surface area (Å²) in [5.74, 6) is 0.103. The zero-order chi connectivity index (χ0) is 8.27. The van der Waals surface area contributed by atoms with Gasteiger partial charge in [0.2, 0.25) is 0 Å². The van der Waals surface area contributed by atoms with E-state index in [1.807, 2.05) is 6.92 Å². The molecule has 1 aliphatic rings. The maximum atomic E-state index is 11.1. The molecule has 0 bridgehead atoms. The second kappa shape index (κ2) is 3.72. The third-order valence-corrected chi connectivity index (χ3v) is 1.91. The summed E-state index contributed by atoms with van der Waals surface area (Å²) in [5.41, 5.74) is 0. The van der Waals surface area contributed by atoms with Gasteiger partial charge in [-0.05, 0) is 19.3 Å². The summed E-state index contributed by atoms with van der Waals surface area (Å²) in [6.45, 7) is 4.93. The molecule has 0 unspecified atom stereocenters. The third kappa shape index (κ3) is 1.93. The highest BCUT2D eigenvalue weighted by atomic mass is 16.6. The molecular formula is C8H14O3. The molecule has 0 aromatic heterocycles. The fourth-order valence-electron chi connectivity index (χ4n) is 1.22. The first-order valence-electron chi connectivity index (χ1n) is 4.04. The SMILES string of the molecule is CCOC(=O)[C@H]1OCC[C@H]1C. The molecule has 0 aromatic carbocycles. The van der Waals surface area contributed by atoms with Gasteiger partial charge in [0.05, 0.1) is 6.61 Å². The van der Waals surface area contributed by atoms with Gasteiger partial charge in [0.15, 0.2) is 6.10 Å². The molecular weight excluding hydrogens is 144 g/mol. The maximum absolute atomic E-state index is 11.1. The van der Waals surface area contributed by atoms with Crippen molar-refractivity contribution in [2.24, 2.45) is 5.92 Å². The molecule has 64 valence electrons. The summed E-state index contributed by atoms with van der Waals surface area (Å²) in [5, 5.41) is 0. The molecule has 2 atom stereocenters. The molecule has 11 heavy (non-hydrogen) atoms. The van der Waals surface area contributed by atoms with Crippen LogP contribution < -0.4 is 0 Å². The molecule has 1 rings (SSSR count). The summed E-state index contributed by atoms with van der Waals surface area (Å²) in [4.78, 5) is 11.1. The Morgan fingerprint density at radius 1 is 1.73 bits per heavy atom. The normalized spacial score (nSPS) is 30.4. The minimum atomic E-state index is -0.310. The number of ether oxygens (including phenoxy) is 2.